The van der Waals surface area contributed by atoms with E-state index in [1.54, 1.807) is 18.2 Å². The lowest BCUT2D eigenvalue weighted by Gasteiger charge is -2.18. The lowest BCUT2D eigenvalue weighted by atomic mass is 10.1. The molecular formula is C19H16F2N2O4. The predicted molar refractivity (Wildman–Crippen MR) is 90.6 cm³/mol. The summed E-state index contributed by atoms with van der Waals surface area (Å²) >= 11 is 0. The van der Waals surface area contributed by atoms with Crippen LogP contribution in [0.1, 0.15) is 34.5 Å². The molecule has 1 saturated heterocycles. The molecular weight excluding hydrogens is 358 g/mol. The van der Waals surface area contributed by atoms with Gasteiger partial charge in [-0.05, 0) is 30.7 Å². The van der Waals surface area contributed by atoms with Gasteiger partial charge in [0.25, 0.3) is 0 Å². The van der Waals surface area contributed by atoms with E-state index in [-0.39, 0.29) is 24.2 Å². The Morgan fingerprint density at radius 1 is 1.15 bits per heavy atom. The van der Waals surface area contributed by atoms with Crippen molar-refractivity contribution in [1.29, 1.82) is 0 Å². The number of amides is 3. The number of nitrogens with zero attached hydrogens (tertiary/aromatic N) is 1. The number of hydrogen-bond donors (Lipinski definition) is 1. The summed E-state index contributed by atoms with van der Waals surface area (Å²) in [5.74, 6) is -2.86. The number of ether oxygens (including phenoxy) is 1. The topological polar surface area (TPSA) is 75.7 Å². The summed E-state index contributed by atoms with van der Waals surface area (Å²) in [5.41, 5.74) is 0.139. The molecule has 1 atom stereocenters. The van der Waals surface area contributed by atoms with Gasteiger partial charge in [-0.15, -0.1) is 0 Å². The van der Waals surface area contributed by atoms with Crippen LogP contribution in [0.4, 0.5) is 13.6 Å². The molecule has 1 heterocycles. The summed E-state index contributed by atoms with van der Waals surface area (Å²) in [4.78, 5) is 37.0. The highest BCUT2D eigenvalue weighted by Crippen LogP contribution is 2.25. The molecule has 1 aliphatic rings. The molecule has 1 fully saturated rings. The zero-order chi connectivity index (χ0) is 19.6. The minimum atomic E-state index is -1.16. The summed E-state index contributed by atoms with van der Waals surface area (Å²) in [6, 6.07) is 9.08. The second-order valence-electron chi connectivity index (χ2n) is 5.98. The molecule has 0 bridgehead atoms. The molecule has 2 aromatic rings. The van der Waals surface area contributed by atoms with Gasteiger partial charge in [-0.1, -0.05) is 24.3 Å². The van der Waals surface area contributed by atoms with E-state index in [0.29, 0.717) is 5.56 Å². The van der Waals surface area contributed by atoms with E-state index in [0.717, 1.165) is 17.0 Å². The molecule has 8 heteroatoms. The van der Waals surface area contributed by atoms with Crippen molar-refractivity contribution in [2.24, 2.45) is 0 Å². The molecule has 3 amide bonds. The molecule has 0 radical (unpaired) electrons. The van der Waals surface area contributed by atoms with Crippen molar-refractivity contribution < 1.29 is 27.9 Å². The fourth-order valence-corrected chi connectivity index (χ4v) is 2.83. The molecule has 0 aromatic heterocycles. The number of urea groups is 1. The number of hydrogen-bond acceptors (Lipinski definition) is 4. The van der Waals surface area contributed by atoms with Crippen LogP contribution in [0.15, 0.2) is 42.5 Å². The highest BCUT2D eigenvalue weighted by molar-refractivity contribution is 6.02. The first-order valence-electron chi connectivity index (χ1n) is 8.19. The zero-order valence-electron chi connectivity index (χ0n) is 14.4. The first kappa shape index (κ1) is 18.5. The van der Waals surface area contributed by atoms with Crippen LogP contribution in [0.2, 0.25) is 0 Å². The van der Waals surface area contributed by atoms with Gasteiger partial charge in [0.1, 0.15) is 17.7 Å². The van der Waals surface area contributed by atoms with Crippen LogP contribution in [0.3, 0.4) is 0 Å². The molecule has 0 saturated carbocycles. The van der Waals surface area contributed by atoms with Crippen molar-refractivity contribution in [2.45, 2.75) is 19.6 Å². The van der Waals surface area contributed by atoms with Crippen LogP contribution < -0.4 is 5.32 Å². The van der Waals surface area contributed by atoms with Crippen LogP contribution in [0.5, 0.6) is 0 Å². The third kappa shape index (κ3) is 3.79. The number of imide groups is 1. The maximum atomic E-state index is 13.9. The van der Waals surface area contributed by atoms with Crippen molar-refractivity contribution in [2.75, 3.05) is 6.54 Å². The number of halogens is 2. The summed E-state index contributed by atoms with van der Waals surface area (Å²) in [7, 11) is 0. The molecule has 140 valence electrons. The van der Waals surface area contributed by atoms with E-state index >= 15 is 0 Å². The average Bonchev–Trinajstić information content (AvgIpc) is 2.94. The molecule has 3 rings (SSSR count). The summed E-state index contributed by atoms with van der Waals surface area (Å²) in [6.07, 6.45) is -1.16. The smallest absolute Gasteiger partial charge is 0.339 e. The Bertz CT molecular complexity index is 880. The van der Waals surface area contributed by atoms with Crippen molar-refractivity contribution >= 4 is 17.9 Å². The number of carbonyl (C=O) groups is 3. The molecule has 6 nitrogen and oxygen atoms in total. The van der Waals surface area contributed by atoms with Gasteiger partial charge in [0.15, 0.2) is 0 Å². The van der Waals surface area contributed by atoms with Crippen molar-refractivity contribution in [3.63, 3.8) is 0 Å². The maximum absolute atomic E-state index is 13.9. The van der Waals surface area contributed by atoms with E-state index in [4.69, 9.17) is 4.74 Å². The lowest BCUT2D eigenvalue weighted by Crippen LogP contribution is -2.31. The van der Waals surface area contributed by atoms with Crippen LogP contribution in [0, 0.1) is 11.6 Å². The van der Waals surface area contributed by atoms with Gasteiger partial charge in [-0.3, -0.25) is 9.69 Å². The molecule has 1 aliphatic heterocycles. The standard InChI is InChI=1S/C19H16F2N2O4/c1-11(17-14(20)7-4-8-15(17)21)27-18(25)13-6-3-2-5-12(13)10-23-16(24)9-22-19(23)26/h2-8,11H,9-10H2,1H3,(H,22,26). The van der Waals surface area contributed by atoms with Crippen LogP contribution >= 0.6 is 0 Å². The van der Waals surface area contributed by atoms with Crippen LogP contribution in [-0.4, -0.2) is 29.4 Å². The van der Waals surface area contributed by atoms with Gasteiger partial charge in [0, 0.05) is 0 Å². The first-order chi connectivity index (χ1) is 12.9. The summed E-state index contributed by atoms with van der Waals surface area (Å²) in [6.45, 7) is 1.15. The molecule has 2 aromatic carbocycles. The Morgan fingerprint density at radius 3 is 2.44 bits per heavy atom. The second kappa shape index (κ2) is 7.53. The summed E-state index contributed by atoms with van der Waals surface area (Å²) < 4.78 is 33.0. The largest absolute Gasteiger partial charge is 0.454 e. The number of benzene rings is 2. The van der Waals surface area contributed by atoms with Gasteiger partial charge in [-0.2, -0.15) is 0 Å². The highest BCUT2D eigenvalue weighted by Gasteiger charge is 2.30. The van der Waals surface area contributed by atoms with Crippen molar-refractivity contribution in [3.8, 4) is 0 Å². The maximum Gasteiger partial charge on any atom is 0.339 e. The van der Waals surface area contributed by atoms with Gasteiger partial charge < -0.3 is 10.1 Å². The van der Waals surface area contributed by atoms with E-state index in [9.17, 15) is 23.2 Å². The number of carbonyl (C=O) groups excluding carboxylic acids is 3. The Balaban J connectivity index is 1.81. The van der Waals surface area contributed by atoms with Crippen LogP contribution in [-0.2, 0) is 16.1 Å². The Hall–Kier alpha value is -3.29. The van der Waals surface area contributed by atoms with E-state index in [2.05, 4.69) is 5.32 Å². The predicted octanol–water partition coefficient (Wildman–Crippen LogP) is 2.93. The second-order valence-corrected chi connectivity index (χ2v) is 5.98. The van der Waals surface area contributed by atoms with Gasteiger partial charge in [-0.25, -0.2) is 18.4 Å². The minimum absolute atomic E-state index is 0.102. The Morgan fingerprint density at radius 2 is 1.81 bits per heavy atom. The van der Waals surface area contributed by atoms with E-state index in [1.807, 2.05) is 0 Å². The summed E-state index contributed by atoms with van der Waals surface area (Å²) in [5, 5.41) is 2.39. The first-order valence-corrected chi connectivity index (χ1v) is 8.19. The molecule has 0 aliphatic carbocycles. The Kier molecular flexibility index (Phi) is 5.16. The number of esters is 1. The lowest BCUT2D eigenvalue weighted by molar-refractivity contribution is -0.125. The molecule has 0 spiro atoms. The monoisotopic (exact) mass is 374 g/mol. The van der Waals surface area contributed by atoms with Gasteiger partial charge >= 0.3 is 12.0 Å². The molecule has 1 N–H and O–H groups in total. The molecule has 1 unspecified atom stereocenters. The third-order valence-corrected chi connectivity index (χ3v) is 4.19. The fraction of sp³-hybridized carbons (Fsp3) is 0.211. The highest BCUT2D eigenvalue weighted by atomic mass is 19.1. The van der Waals surface area contributed by atoms with Gasteiger partial charge in [0.2, 0.25) is 5.91 Å². The normalized spacial score (nSPS) is 14.9. The fourth-order valence-electron chi connectivity index (χ4n) is 2.83. The van der Waals surface area contributed by atoms with Crippen molar-refractivity contribution in [3.05, 3.63) is 70.8 Å². The van der Waals surface area contributed by atoms with E-state index < -0.39 is 35.6 Å². The number of nitrogens with one attached hydrogen (secondary N) is 1. The third-order valence-electron chi connectivity index (χ3n) is 4.19. The zero-order valence-corrected chi connectivity index (χ0v) is 14.4. The van der Waals surface area contributed by atoms with E-state index in [1.165, 1.54) is 19.1 Å². The minimum Gasteiger partial charge on any atom is -0.454 e. The SMILES string of the molecule is CC(OC(=O)c1ccccc1CN1C(=O)CNC1=O)c1c(F)cccc1F. The quantitative estimate of drug-likeness (QED) is 0.645. The Labute approximate surface area is 153 Å². The van der Waals surface area contributed by atoms with Crippen LogP contribution in [0.25, 0.3) is 0 Å². The number of rotatable bonds is 5. The van der Waals surface area contributed by atoms with Crippen molar-refractivity contribution in [1.82, 2.24) is 10.2 Å². The van der Waals surface area contributed by atoms with Gasteiger partial charge in [0.05, 0.1) is 24.2 Å². The molecule has 27 heavy (non-hydrogen) atoms. The average molecular weight is 374 g/mol.